The van der Waals surface area contributed by atoms with Gasteiger partial charge in [0.1, 0.15) is 0 Å². The van der Waals surface area contributed by atoms with E-state index in [0.717, 1.165) is 12.1 Å². The Hall–Kier alpha value is -2.84. The molecule has 0 spiro atoms. The van der Waals surface area contributed by atoms with Crippen molar-refractivity contribution in [3.63, 3.8) is 0 Å². The predicted molar refractivity (Wildman–Crippen MR) is 105 cm³/mol. The third kappa shape index (κ3) is 4.34. The second kappa shape index (κ2) is 8.12. The zero-order valence-electron chi connectivity index (χ0n) is 17.3. The lowest BCUT2D eigenvalue weighted by molar-refractivity contribution is -0.137. The Morgan fingerprint density at radius 1 is 1.27 bits per heavy atom. The van der Waals surface area contributed by atoms with Gasteiger partial charge in [-0.05, 0) is 45.9 Å². The van der Waals surface area contributed by atoms with Crippen LogP contribution < -0.4 is 5.32 Å². The number of rotatable bonds is 5. The van der Waals surface area contributed by atoms with E-state index in [1.807, 2.05) is 13.8 Å². The second-order valence-corrected chi connectivity index (χ2v) is 7.92. The number of halogens is 3. The summed E-state index contributed by atoms with van der Waals surface area (Å²) < 4.78 is 40.5. The lowest BCUT2D eigenvalue weighted by atomic mass is 10.1. The number of alkyl halides is 3. The average Bonchev–Trinajstić information content (AvgIpc) is 3.24. The van der Waals surface area contributed by atoms with Crippen LogP contribution in [0.2, 0.25) is 0 Å². The predicted octanol–water partition coefficient (Wildman–Crippen LogP) is 3.63. The van der Waals surface area contributed by atoms with Gasteiger partial charge in [0.05, 0.1) is 29.4 Å². The van der Waals surface area contributed by atoms with Crippen molar-refractivity contribution in [3.8, 4) is 5.69 Å². The Kier molecular flexibility index (Phi) is 5.92. The van der Waals surface area contributed by atoms with Gasteiger partial charge in [-0.15, -0.1) is 0 Å². The van der Waals surface area contributed by atoms with Crippen molar-refractivity contribution in [1.29, 1.82) is 0 Å². The number of carbonyl (C=O) groups is 2. The van der Waals surface area contributed by atoms with Crippen molar-refractivity contribution in [1.82, 2.24) is 20.0 Å². The van der Waals surface area contributed by atoms with Gasteiger partial charge in [-0.25, -0.2) is 4.68 Å². The molecule has 1 saturated heterocycles. The Labute approximate surface area is 173 Å². The van der Waals surface area contributed by atoms with Crippen molar-refractivity contribution < 1.29 is 22.8 Å². The SMILES string of the molecule is Cc1c(C(C)NC(=O)C2CC(=O)N(C(C)C)C2)cnn1-c1cccc(C(F)(F)F)c1. The zero-order valence-corrected chi connectivity index (χ0v) is 17.3. The molecule has 0 aliphatic carbocycles. The van der Waals surface area contributed by atoms with Gasteiger partial charge in [0.2, 0.25) is 11.8 Å². The average molecular weight is 422 g/mol. The summed E-state index contributed by atoms with van der Waals surface area (Å²) in [5.74, 6) is -0.669. The smallest absolute Gasteiger partial charge is 0.349 e. The van der Waals surface area contributed by atoms with Crippen LogP contribution in [0.5, 0.6) is 0 Å². The van der Waals surface area contributed by atoms with Crippen molar-refractivity contribution in [2.24, 2.45) is 5.92 Å². The first-order chi connectivity index (χ1) is 14.0. The quantitative estimate of drug-likeness (QED) is 0.800. The van der Waals surface area contributed by atoms with Crippen molar-refractivity contribution in [3.05, 3.63) is 47.3 Å². The molecule has 1 aliphatic heterocycles. The van der Waals surface area contributed by atoms with Crippen molar-refractivity contribution >= 4 is 11.8 Å². The zero-order chi connectivity index (χ0) is 22.2. The molecule has 0 bridgehead atoms. The third-order valence-corrected chi connectivity index (χ3v) is 5.44. The number of nitrogens with one attached hydrogen (secondary N) is 1. The monoisotopic (exact) mass is 422 g/mol. The molecule has 0 radical (unpaired) electrons. The molecule has 9 heteroatoms. The summed E-state index contributed by atoms with van der Waals surface area (Å²) in [6.07, 6.45) is -2.72. The summed E-state index contributed by atoms with van der Waals surface area (Å²) in [5, 5.41) is 7.13. The summed E-state index contributed by atoms with van der Waals surface area (Å²) in [5.41, 5.74) is 0.874. The largest absolute Gasteiger partial charge is 0.416 e. The van der Waals surface area contributed by atoms with E-state index >= 15 is 0 Å². The fourth-order valence-electron chi connectivity index (χ4n) is 3.74. The summed E-state index contributed by atoms with van der Waals surface area (Å²) in [6.45, 7) is 7.73. The molecule has 1 aromatic heterocycles. The Morgan fingerprint density at radius 2 is 1.97 bits per heavy atom. The molecular formula is C21H25F3N4O2. The highest BCUT2D eigenvalue weighted by atomic mass is 19.4. The second-order valence-electron chi connectivity index (χ2n) is 7.92. The molecule has 1 fully saturated rings. The van der Waals surface area contributed by atoms with E-state index < -0.39 is 23.7 Å². The molecule has 2 heterocycles. The molecule has 30 heavy (non-hydrogen) atoms. The van der Waals surface area contributed by atoms with E-state index in [9.17, 15) is 22.8 Å². The minimum Gasteiger partial charge on any atom is -0.349 e. The van der Waals surface area contributed by atoms with Crippen LogP contribution in [0.3, 0.4) is 0 Å². The van der Waals surface area contributed by atoms with Crippen molar-refractivity contribution in [2.75, 3.05) is 6.54 Å². The number of carbonyl (C=O) groups excluding carboxylic acids is 2. The van der Waals surface area contributed by atoms with Gasteiger partial charge in [-0.3, -0.25) is 9.59 Å². The fraction of sp³-hybridized carbons (Fsp3) is 0.476. The van der Waals surface area contributed by atoms with Gasteiger partial charge < -0.3 is 10.2 Å². The molecule has 3 rings (SSSR count). The summed E-state index contributed by atoms with van der Waals surface area (Å²) in [4.78, 5) is 26.4. The maximum Gasteiger partial charge on any atom is 0.416 e. The van der Waals surface area contributed by atoms with Crippen LogP contribution in [-0.2, 0) is 15.8 Å². The highest BCUT2D eigenvalue weighted by Crippen LogP contribution is 2.31. The minimum absolute atomic E-state index is 0.0358. The molecule has 2 unspecified atom stereocenters. The summed E-state index contributed by atoms with van der Waals surface area (Å²) in [6, 6.07) is 4.57. The molecule has 6 nitrogen and oxygen atoms in total. The van der Waals surface area contributed by atoms with E-state index in [1.54, 1.807) is 31.0 Å². The van der Waals surface area contributed by atoms with Crippen LogP contribution in [0.4, 0.5) is 13.2 Å². The molecule has 1 N–H and O–H groups in total. The topological polar surface area (TPSA) is 67.2 Å². The maximum absolute atomic E-state index is 13.0. The van der Waals surface area contributed by atoms with Crippen LogP contribution in [0.1, 0.15) is 50.1 Å². The summed E-state index contributed by atoms with van der Waals surface area (Å²) >= 11 is 0. The first-order valence-electron chi connectivity index (χ1n) is 9.81. The fourth-order valence-corrected chi connectivity index (χ4v) is 3.74. The molecule has 2 atom stereocenters. The Bertz CT molecular complexity index is 952. The van der Waals surface area contributed by atoms with E-state index in [4.69, 9.17) is 0 Å². The molecule has 1 aliphatic rings. The number of aromatic nitrogens is 2. The molecule has 0 saturated carbocycles. The van der Waals surface area contributed by atoms with E-state index in [0.29, 0.717) is 23.5 Å². The van der Waals surface area contributed by atoms with Gasteiger partial charge in [0, 0.05) is 30.3 Å². The highest BCUT2D eigenvalue weighted by molar-refractivity contribution is 5.89. The number of benzene rings is 1. The standard InChI is InChI=1S/C21H25F3N4O2/c1-12(2)27-11-15(8-19(27)29)20(30)26-13(3)18-10-25-28(14(18)4)17-7-5-6-16(9-17)21(22,23)24/h5-7,9-10,12-13,15H,8,11H2,1-4H3,(H,26,30). The van der Waals surface area contributed by atoms with Crippen molar-refractivity contribution in [2.45, 2.75) is 52.4 Å². The van der Waals surface area contributed by atoms with Crippen LogP contribution in [0, 0.1) is 12.8 Å². The van der Waals surface area contributed by atoms with Crippen LogP contribution >= 0.6 is 0 Å². The molecule has 2 aromatic rings. The first kappa shape index (κ1) is 21.9. The third-order valence-electron chi connectivity index (χ3n) is 5.44. The van der Waals surface area contributed by atoms with Crippen LogP contribution in [-0.4, -0.2) is 39.1 Å². The van der Waals surface area contributed by atoms with E-state index in [-0.39, 0.29) is 24.3 Å². The lowest BCUT2D eigenvalue weighted by Crippen LogP contribution is -2.36. The molecular weight excluding hydrogens is 397 g/mol. The number of hydrogen-bond acceptors (Lipinski definition) is 3. The minimum atomic E-state index is -4.44. The molecule has 2 amide bonds. The van der Waals surface area contributed by atoms with Crippen LogP contribution in [0.15, 0.2) is 30.5 Å². The summed E-state index contributed by atoms with van der Waals surface area (Å²) in [7, 11) is 0. The molecule has 162 valence electrons. The van der Waals surface area contributed by atoms with Gasteiger partial charge >= 0.3 is 6.18 Å². The van der Waals surface area contributed by atoms with Gasteiger partial charge in [0.25, 0.3) is 0 Å². The number of amides is 2. The first-order valence-corrected chi connectivity index (χ1v) is 9.81. The Morgan fingerprint density at radius 3 is 2.57 bits per heavy atom. The van der Waals surface area contributed by atoms with Gasteiger partial charge in [-0.2, -0.15) is 18.3 Å². The highest BCUT2D eigenvalue weighted by Gasteiger charge is 2.36. The normalized spacial score (nSPS) is 18.2. The van der Waals surface area contributed by atoms with Gasteiger partial charge in [-0.1, -0.05) is 6.07 Å². The van der Waals surface area contributed by atoms with E-state index in [1.165, 1.54) is 10.7 Å². The Balaban J connectivity index is 1.75. The number of hydrogen-bond donors (Lipinski definition) is 1. The maximum atomic E-state index is 13.0. The lowest BCUT2D eigenvalue weighted by Gasteiger charge is -2.21. The molecule has 1 aromatic carbocycles. The van der Waals surface area contributed by atoms with Gasteiger partial charge in [0.15, 0.2) is 0 Å². The number of likely N-dealkylation sites (tertiary alicyclic amines) is 1. The number of nitrogens with zero attached hydrogens (tertiary/aromatic N) is 3. The van der Waals surface area contributed by atoms with E-state index in [2.05, 4.69) is 10.4 Å². The van der Waals surface area contributed by atoms with Crippen LogP contribution in [0.25, 0.3) is 5.69 Å².